The van der Waals surface area contributed by atoms with Crippen molar-refractivity contribution in [1.29, 1.82) is 0 Å². The molecule has 0 spiro atoms. The van der Waals surface area contributed by atoms with Crippen LogP contribution in [0.15, 0.2) is 47.6 Å². The Hall–Kier alpha value is -2.34. The van der Waals surface area contributed by atoms with Crippen LogP contribution in [-0.4, -0.2) is 22.0 Å². The molecule has 0 bridgehead atoms. The van der Waals surface area contributed by atoms with Gasteiger partial charge in [0.2, 0.25) is 11.8 Å². The Labute approximate surface area is 138 Å². The lowest BCUT2D eigenvalue weighted by molar-refractivity contribution is -0.131. The fourth-order valence-corrected chi connectivity index (χ4v) is 4.05. The maximum absolute atomic E-state index is 12.1. The molecule has 1 aliphatic heterocycles. The maximum atomic E-state index is 12.1. The van der Waals surface area contributed by atoms with E-state index in [1.54, 1.807) is 0 Å². The van der Waals surface area contributed by atoms with E-state index in [0.717, 1.165) is 16.3 Å². The second-order valence-corrected chi connectivity index (χ2v) is 6.91. The average molecular weight is 327 g/mol. The van der Waals surface area contributed by atoms with E-state index in [-0.39, 0.29) is 11.8 Å². The number of rotatable bonds is 1. The maximum Gasteiger partial charge on any atom is 0.241 e. The number of hydrogen-bond acceptors (Lipinski definition) is 4. The van der Waals surface area contributed by atoms with Crippen molar-refractivity contribution in [1.82, 2.24) is 10.3 Å². The Kier molecular flexibility index (Phi) is 3.85. The Bertz CT molecular complexity index is 828. The van der Waals surface area contributed by atoms with Gasteiger partial charge in [-0.2, -0.15) is 0 Å². The summed E-state index contributed by atoms with van der Waals surface area (Å²) in [6.45, 7) is 4.85. The molecule has 3 rings (SSSR count). The van der Waals surface area contributed by atoms with E-state index in [9.17, 15) is 9.59 Å². The largest absolute Gasteiger partial charge is 0.304 e. The zero-order valence-electron chi connectivity index (χ0n) is 13.2. The van der Waals surface area contributed by atoms with Crippen molar-refractivity contribution in [2.45, 2.75) is 25.6 Å². The summed E-state index contributed by atoms with van der Waals surface area (Å²) >= 11 is 1.37. The molecule has 2 amide bonds. The van der Waals surface area contributed by atoms with Crippen LogP contribution in [-0.2, 0) is 14.5 Å². The summed E-state index contributed by atoms with van der Waals surface area (Å²) in [6.07, 6.45) is 0. The highest BCUT2D eigenvalue weighted by Gasteiger charge is 2.44. The summed E-state index contributed by atoms with van der Waals surface area (Å²) in [7, 11) is 0. The molecule has 6 heteroatoms. The Balaban J connectivity index is 2.12. The fraction of sp³-hybridized carbons (Fsp3) is 0.235. The molecule has 0 unspecified atom stereocenters. The number of hydrazone groups is 1. The highest BCUT2D eigenvalue weighted by Crippen LogP contribution is 2.47. The molecule has 0 aromatic heterocycles. The van der Waals surface area contributed by atoms with E-state index in [1.807, 2.05) is 49.4 Å². The molecule has 23 heavy (non-hydrogen) atoms. The first-order chi connectivity index (χ1) is 10.9. The lowest BCUT2D eigenvalue weighted by Gasteiger charge is -2.32. The van der Waals surface area contributed by atoms with Gasteiger partial charge in [0, 0.05) is 13.8 Å². The number of carbonyl (C=O) groups is 2. The number of amides is 2. The number of benzene rings is 2. The van der Waals surface area contributed by atoms with Crippen LogP contribution >= 0.6 is 11.8 Å². The van der Waals surface area contributed by atoms with E-state index in [4.69, 9.17) is 0 Å². The number of amidine groups is 1. The van der Waals surface area contributed by atoms with Crippen molar-refractivity contribution in [3.05, 3.63) is 48.0 Å². The van der Waals surface area contributed by atoms with Crippen LogP contribution in [0.2, 0.25) is 0 Å². The van der Waals surface area contributed by atoms with Crippen LogP contribution in [0.4, 0.5) is 0 Å². The minimum absolute atomic E-state index is 0.173. The average Bonchev–Trinajstić information content (AvgIpc) is 2.83. The first kappa shape index (κ1) is 15.6. The summed E-state index contributed by atoms with van der Waals surface area (Å²) in [6, 6.07) is 14.0. The zero-order chi connectivity index (χ0) is 16.6. The highest BCUT2D eigenvalue weighted by molar-refractivity contribution is 8.14. The normalized spacial score (nSPS) is 20.5. The third kappa shape index (κ3) is 2.70. The monoisotopic (exact) mass is 327 g/mol. The van der Waals surface area contributed by atoms with Gasteiger partial charge >= 0.3 is 0 Å². The molecular formula is C17H17N3O2S. The van der Waals surface area contributed by atoms with Crippen molar-refractivity contribution in [3.63, 3.8) is 0 Å². The van der Waals surface area contributed by atoms with Crippen LogP contribution in [0.5, 0.6) is 0 Å². The molecule has 0 saturated heterocycles. The van der Waals surface area contributed by atoms with Gasteiger partial charge in [-0.3, -0.25) is 9.59 Å². The summed E-state index contributed by atoms with van der Waals surface area (Å²) in [4.78, 5) is 22.7. The van der Waals surface area contributed by atoms with Gasteiger partial charge in [-0.1, -0.05) is 54.2 Å². The predicted molar refractivity (Wildman–Crippen MR) is 92.7 cm³/mol. The van der Waals surface area contributed by atoms with Gasteiger partial charge in [-0.25, -0.2) is 5.01 Å². The van der Waals surface area contributed by atoms with E-state index in [0.29, 0.717) is 5.17 Å². The minimum Gasteiger partial charge on any atom is -0.304 e. The first-order valence-electron chi connectivity index (χ1n) is 7.26. The predicted octanol–water partition coefficient (Wildman–Crippen LogP) is 3.01. The topological polar surface area (TPSA) is 61.8 Å². The molecule has 0 fully saturated rings. The summed E-state index contributed by atoms with van der Waals surface area (Å²) < 4.78 is 0. The molecule has 0 saturated carbocycles. The van der Waals surface area contributed by atoms with Crippen LogP contribution in [0.1, 0.15) is 26.3 Å². The first-order valence-corrected chi connectivity index (χ1v) is 8.08. The molecular weight excluding hydrogens is 310 g/mol. The Morgan fingerprint density at radius 2 is 1.83 bits per heavy atom. The number of nitrogens with zero attached hydrogens (tertiary/aromatic N) is 2. The molecule has 1 heterocycles. The van der Waals surface area contributed by atoms with Crippen molar-refractivity contribution in [3.8, 4) is 0 Å². The van der Waals surface area contributed by atoms with E-state index < -0.39 is 4.87 Å². The molecule has 2 aromatic rings. The van der Waals surface area contributed by atoms with Crippen LogP contribution in [0.3, 0.4) is 0 Å². The molecule has 0 radical (unpaired) electrons. The Morgan fingerprint density at radius 3 is 2.52 bits per heavy atom. The third-order valence-corrected chi connectivity index (χ3v) is 4.93. The van der Waals surface area contributed by atoms with Gasteiger partial charge in [-0.15, -0.1) is 5.10 Å². The quantitative estimate of drug-likeness (QED) is 0.876. The molecule has 2 aromatic carbocycles. The van der Waals surface area contributed by atoms with Gasteiger partial charge in [0.05, 0.1) is 0 Å². The summed E-state index contributed by atoms with van der Waals surface area (Å²) in [5, 5.41) is 11.0. The standard InChI is InChI=1S/C17H17N3O2S/c1-11(21)18-16-19-20(12(2)22)17(3,23-16)15-10-6-8-13-7-4-5-9-14(13)15/h4-10H,1-3H3,(H,18,19,21)/t17-/m0/s1. The SMILES string of the molecule is CC(=O)NC1=NN(C(C)=O)[C@](C)(c2cccc3ccccc23)S1. The highest BCUT2D eigenvalue weighted by atomic mass is 32.2. The van der Waals surface area contributed by atoms with Gasteiger partial charge in [0.1, 0.15) is 4.87 Å². The second-order valence-electron chi connectivity index (χ2n) is 5.53. The molecule has 1 atom stereocenters. The van der Waals surface area contributed by atoms with Crippen LogP contribution in [0, 0.1) is 0 Å². The van der Waals surface area contributed by atoms with Crippen molar-refractivity contribution in [2.75, 3.05) is 0 Å². The van der Waals surface area contributed by atoms with Gasteiger partial charge in [0.15, 0.2) is 5.17 Å². The van der Waals surface area contributed by atoms with E-state index in [1.165, 1.54) is 30.6 Å². The van der Waals surface area contributed by atoms with Gasteiger partial charge < -0.3 is 5.32 Å². The number of nitrogens with one attached hydrogen (secondary N) is 1. The van der Waals surface area contributed by atoms with Crippen molar-refractivity contribution >= 4 is 39.5 Å². The van der Waals surface area contributed by atoms with Crippen LogP contribution in [0.25, 0.3) is 10.8 Å². The lowest BCUT2D eigenvalue weighted by atomic mass is 9.99. The molecule has 1 aliphatic rings. The summed E-state index contributed by atoms with van der Waals surface area (Å²) in [5.41, 5.74) is 0.986. The van der Waals surface area contributed by atoms with Gasteiger partial charge in [0.25, 0.3) is 0 Å². The Morgan fingerprint density at radius 1 is 1.13 bits per heavy atom. The number of hydrogen-bond donors (Lipinski definition) is 1. The van der Waals surface area contributed by atoms with E-state index >= 15 is 0 Å². The number of thioether (sulfide) groups is 1. The molecule has 5 nitrogen and oxygen atoms in total. The lowest BCUT2D eigenvalue weighted by Crippen LogP contribution is -2.37. The van der Waals surface area contributed by atoms with Gasteiger partial charge in [-0.05, 0) is 23.3 Å². The number of carbonyl (C=O) groups excluding carboxylic acids is 2. The fourth-order valence-electron chi connectivity index (χ4n) is 2.81. The third-order valence-electron chi connectivity index (χ3n) is 3.76. The summed E-state index contributed by atoms with van der Waals surface area (Å²) in [5.74, 6) is -0.379. The smallest absolute Gasteiger partial charge is 0.241 e. The molecule has 1 N–H and O–H groups in total. The second kappa shape index (κ2) is 5.70. The van der Waals surface area contributed by atoms with Crippen molar-refractivity contribution < 1.29 is 9.59 Å². The van der Waals surface area contributed by atoms with Crippen molar-refractivity contribution in [2.24, 2.45) is 5.10 Å². The number of fused-ring (bicyclic) bond motifs is 1. The molecule has 0 aliphatic carbocycles. The molecule has 118 valence electrons. The zero-order valence-corrected chi connectivity index (χ0v) is 14.0. The van der Waals surface area contributed by atoms with E-state index in [2.05, 4.69) is 10.4 Å². The minimum atomic E-state index is -0.704. The van der Waals surface area contributed by atoms with Crippen LogP contribution < -0.4 is 5.32 Å².